The summed E-state index contributed by atoms with van der Waals surface area (Å²) in [7, 11) is 0. The molecular formula is C24H31NO3. The van der Waals surface area contributed by atoms with Crippen LogP contribution in [-0.2, 0) is 0 Å². The van der Waals surface area contributed by atoms with Crippen molar-refractivity contribution in [2.45, 2.75) is 47.5 Å². The van der Waals surface area contributed by atoms with Gasteiger partial charge in [0.15, 0.2) is 17.3 Å². The zero-order valence-electron chi connectivity index (χ0n) is 17.6. The highest BCUT2D eigenvalue weighted by atomic mass is 16.7. The van der Waals surface area contributed by atoms with Crippen molar-refractivity contribution in [3.63, 3.8) is 0 Å². The average Bonchev–Trinajstić information content (AvgIpc) is 3.17. The lowest BCUT2D eigenvalue weighted by atomic mass is 9.95. The van der Waals surface area contributed by atoms with Crippen LogP contribution >= 0.6 is 0 Å². The van der Waals surface area contributed by atoms with Crippen molar-refractivity contribution in [2.75, 3.05) is 6.79 Å². The Balaban J connectivity index is 0.000000171. The summed E-state index contributed by atoms with van der Waals surface area (Å²) < 4.78 is 10.2. The number of hydrogen-bond acceptors (Lipinski definition) is 4. The van der Waals surface area contributed by atoms with Crippen LogP contribution in [0.4, 0.5) is 5.69 Å². The van der Waals surface area contributed by atoms with Gasteiger partial charge in [-0.2, -0.15) is 0 Å². The van der Waals surface area contributed by atoms with Crippen LogP contribution in [0.3, 0.4) is 0 Å². The van der Waals surface area contributed by atoms with E-state index in [4.69, 9.17) is 9.47 Å². The van der Waals surface area contributed by atoms with Crippen molar-refractivity contribution in [3.8, 4) is 11.5 Å². The summed E-state index contributed by atoms with van der Waals surface area (Å²) in [5, 5.41) is 0. The first-order valence-corrected chi connectivity index (χ1v) is 9.96. The van der Waals surface area contributed by atoms with Gasteiger partial charge in [0.1, 0.15) is 0 Å². The van der Waals surface area contributed by atoms with Crippen LogP contribution in [0.1, 0.15) is 57.8 Å². The maximum absolute atomic E-state index is 11.7. The predicted molar refractivity (Wildman–Crippen MR) is 115 cm³/mol. The first-order valence-electron chi connectivity index (χ1n) is 9.96. The second-order valence-corrected chi connectivity index (χ2v) is 7.53. The molecule has 4 heteroatoms. The Morgan fingerprint density at radius 1 is 0.929 bits per heavy atom. The van der Waals surface area contributed by atoms with Gasteiger partial charge in [-0.1, -0.05) is 65.3 Å². The van der Waals surface area contributed by atoms with Gasteiger partial charge in [-0.05, 0) is 36.1 Å². The molecule has 2 aromatic carbocycles. The molecule has 0 spiro atoms. The topological polar surface area (TPSA) is 47.9 Å². The third kappa shape index (κ3) is 6.22. The molecule has 4 rings (SSSR count). The molecule has 0 aromatic heterocycles. The molecule has 0 amide bonds. The fourth-order valence-electron chi connectivity index (χ4n) is 2.44. The van der Waals surface area contributed by atoms with Gasteiger partial charge in [-0.15, -0.1) is 0 Å². The molecule has 0 unspecified atom stereocenters. The monoisotopic (exact) mass is 381 g/mol. The Labute approximate surface area is 168 Å². The van der Waals surface area contributed by atoms with E-state index >= 15 is 0 Å². The molecule has 28 heavy (non-hydrogen) atoms. The number of carbonyl (C=O) groups is 1. The van der Waals surface area contributed by atoms with Crippen molar-refractivity contribution in [3.05, 3.63) is 54.1 Å². The molecule has 0 saturated heterocycles. The second kappa shape index (κ2) is 10.6. The number of carbonyl (C=O) groups excluding carboxylic acids is 1. The molecule has 0 radical (unpaired) electrons. The molecule has 2 aliphatic heterocycles. The lowest BCUT2D eigenvalue weighted by Gasteiger charge is -2.16. The second-order valence-electron chi connectivity index (χ2n) is 7.53. The number of Topliss-reactive ketones (excluding diaryl/α,β-unsaturated/α-hetero) is 1. The first kappa shape index (κ1) is 21.7. The van der Waals surface area contributed by atoms with E-state index in [2.05, 4.69) is 39.6 Å². The Bertz CT molecular complexity index is 786. The van der Waals surface area contributed by atoms with Crippen LogP contribution in [0.25, 0.3) is 0 Å². The quantitative estimate of drug-likeness (QED) is 0.599. The van der Waals surface area contributed by atoms with E-state index in [-0.39, 0.29) is 5.78 Å². The first-order chi connectivity index (χ1) is 13.4. The van der Waals surface area contributed by atoms with Gasteiger partial charge in [0.05, 0.1) is 5.69 Å². The predicted octanol–water partition coefficient (Wildman–Crippen LogP) is 6.47. The van der Waals surface area contributed by atoms with Crippen LogP contribution in [-0.4, -0.2) is 18.3 Å². The minimum absolute atomic E-state index is 0.194. The molecule has 0 aliphatic carbocycles. The standard InChI is InChI=1S/C12H13NO.C7H6O2.C5H12/c1-8(2)11-7-12(14)9-5-3-4-6-10(9)13-11;1-2-4-7-6(3-1)8-5-9-7;1-4-5(2)3/h3-6,8H,7H2,1-2H3;1-4H,5H2;5H,4H2,1-3H3. The molecule has 2 aromatic rings. The highest BCUT2D eigenvalue weighted by molar-refractivity contribution is 6.16. The SMILES string of the molecule is CC(C)C1=Nc2ccccc2C(=O)C1.CCC(C)C.c1ccc2c(c1)OCO2. The Morgan fingerprint density at radius 3 is 2.00 bits per heavy atom. The fourth-order valence-corrected chi connectivity index (χ4v) is 2.44. The lowest BCUT2D eigenvalue weighted by Crippen LogP contribution is -2.17. The molecule has 0 saturated carbocycles. The van der Waals surface area contributed by atoms with Crippen molar-refractivity contribution in [1.29, 1.82) is 0 Å². The molecule has 150 valence electrons. The number of hydrogen-bond donors (Lipinski definition) is 0. The van der Waals surface area contributed by atoms with Gasteiger partial charge in [0.2, 0.25) is 6.79 Å². The van der Waals surface area contributed by atoms with E-state index in [9.17, 15) is 4.79 Å². The zero-order valence-corrected chi connectivity index (χ0v) is 17.6. The number of fused-ring (bicyclic) bond motifs is 2. The molecule has 0 N–H and O–H groups in total. The van der Waals surface area contributed by atoms with Crippen LogP contribution < -0.4 is 9.47 Å². The summed E-state index contributed by atoms with van der Waals surface area (Å²) in [5.41, 5.74) is 2.58. The Kier molecular flexibility index (Phi) is 8.24. The summed E-state index contributed by atoms with van der Waals surface area (Å²) in [5.74, 6) is 3.12. The maximum Gasteiger partial charge on any atom is 0.231 e. The van der Waals surface area contributed by atoms with Gasteiger partial charge < -0.3 is 9.47 Å². The van der Waals surface area contributed by atoms with E-state index in [0.29, 0.717) is 19.1 Å². The molecule has 0 bridgehead atoms. The van der Waals surface area contributed by atoms with E-state index < -0.39 is 0 Å². The zero-order chi connectivity index (χ0) is 20.5. The molecule has 0 fully saturated rings. The molecule has 2 heterocycles. The van der Waals surface area contributed by atoms with Gasteiger partial charge in [0, 0.05) is 17.7 Å². The van der Waals surface area contributed by atoms with Crippen LogP contribution in [0.2, 0.25) is 0 Å². The Morgan fingerprint density at radius 2 is 1.46 bits per heavy atom. The number of para-hydroxylation sites is 3. The van der Waals surface area contributed by atoms with Crippen molar-refractivity contribution >= 4 is 17.2 Å². The minimum atomic E-state index is 0.194. The average molecular weight is 382 g/mol. The van der Waals surface area contributed by atoms with Gasteiger partial charge in [-0.3, -0.25) is 9.79 Å². The van der Waals surface area contributed by atoms with Gasteiger partial charge in [0.25, 0.3) is 0 Å². The largest absolute Gasteiger partial charge is 0.454 e. The number of ketones is 1. The van der Waals surface area contributed by atoms with Gasteiger partial charge >= 0.3 is 0 Å². The third-order valence-electron chi connectivity index (χ3n) is 4.57. The normalized spacial score (nSPS) is 13.8. The highest BCUT2D eigenvalue weighted by Crippen LogP contribution is 2.30. The van der Waals surface area contributed by atoms with E-state index in [1.807, 2.05) is 48.5 Å². The number of rotatable bonds is 2. The van der Waals surface area contributed by atoms with Gasteiger partial charge in [-0.25, -0.2) is 0 Å². The van der Waals surface area contributed by atoms with E-state index in [1.165, 1.54) is 6.42 Å². The summed E-state index contributed by atoms with van der Waals surface area (Å²) in [4.78, 5) is 16.2. The third-order valence-corrected chi connectivity index (χ3v) is 4.57. The molecule has 0 atom stereocenters. The van der Waals surface area contributed by atoms with E-state index in [0.717, 1.165) is 34.4 Å². The smallest absolute Gasteiger partial charge is 0.231 e. The molecular weight excluding hydrogens is 350 g/mol. The van der Waals surface area contributed by atoms with Crippen LogP contribution in [0.5, 0.6) is 11.5 Å². The number of benzene rings is 2. The summed E-state index contributed by atoms with van der Waals surface area (Å²) in [6, 6.07) is 15.2. The summed E-state index contributed by atoms with van der Waals surface area (Å²) >= 11 is 0. The van der Waals surface area contributed by atoms with Crippen molar-refractivity contribution in [2.24, 2.45) is 16.8 Å². The highest BCUT2D eigenvalue weighted by Gasteiger charge is 2.20. The van der Waals surface area contributed by atoms with Crippen molar-refractivity contribution in [1.82, 2.24) is 0 Å². The van der Waals surface area contributed by atoms with Crippen molar-refractivity contribution < 1.29 is 14.3 Å². The number of nitrogens with zero attached hydrogens (tertiary/aromatic N) is 1. The summed E-state index contributed by atoms with van der Waals surface area (Å²) in [6.07, 6.45) is 1.79. The van der Waals surface area contributed by atoms with Crippen LogP contribution in [0, 0.1) is 11.8 Å². The van der Waals surface area contributed by atoms with Crippen LogP contribution in [0.15, 0.2) is 53.5 Å². The molecule has 4 nitrogen and oxygen atoms in total. The maximum atomic E-state index is 11.7. The molecule has 2 aliphatic rings. The Hall–Kier alpha value is -2.62. The van der Waals surface area contributed by atoms with E-state index in [1.54, 1.807) is 0 Å². The lowest BCUT2D eigenvalue weighted by molar-refractivity contribution is 0.0998. The fraction of sp³-hybridized carbons (Fsp3) is 0.417. The minimum Gasteiger partial charge on any atom is -0.454 e. The summed E-state index contributed by atoms with van der Waals surface area (Å²) in [6.45, 7) is 11.1. The number of aliphatic imine (C=N–C) groups is 1. The number of ether oxygens (including phenoxy) is 2.